The Bertz CT molecular complexity index is 824. The Morgan fingerprint density at radius 2 is 1.92 bits per heavy atom. The van der Waals surface area contributed by atoms with Gasteiger partial charge in [0.1, 0.15) is 11.6 Å². The van der Waals surface area contributed by atoms with Crippen molar-refractivity contribution in [2.75, 3.05) is 0 Å². The molecule has 1 amide bonds. The number of benzene rings is 1. The van der Waals surface area contributed by atoms with E-state index in [4.69, 9.17) is 11.6 Å². The van der Waals surface area contributed by atoms with Gasteiger partial charge in [0.15, 0.2) is 0 Å². The van der Waals surface area contributed by atoms with Crippen molar-refractivity contribution in [3.05, 3.63) is 46.6 Å². The van der Waals surface area contributed by atoms with E-state index in [9.17, 15) is 10.1 Å². The summed E-state index contributed by atoms with van der Waals surface area (Å²) < 4.78 is 0. The SMILES string of the molecule is N#CC(=Cc1cn[nH]c1-c1ccc(Cl)cc1)C(=O)NC1CCCCCC1. The van der Waals surface area contributed by atoms with Crippen molar-refractivity contribution in [2.45, 2.75) is 44.6 Å². The summed E-state index contributed by atoms with van der Waals surface area (Å²) in [5, 5.41) is 20.1. The van der Waals surface area contributed by atoms with E-state index in [-0.39, 0.29) is 17.5 Å². The van der Waals surface area contributed by atoms with Crippen molar-refractivity contribution >= 4 is 23.6 Å². The zero-order valence-electron chi connectivity index (χ0n) is 14.5. The fourth-order valence-electron chi connectivity index (χ4n) is 3.24. The number of hydrogen-bond acceptors (Lipinski definition) is 3. The van der Waals surface area contributed by atoms with E-state index in [1.807, 2.05) is 18.2 Å². The fraction of sp³-hybridized carbons (Fsp3) is 0.350. The van der Waals surface area contributed by atoms with Crippen LogP contribution in [-0.4, -0.2) is 22.1 Å². The molecule has 1 heterocycles. The van der Waals surface area contributed by atoms with Crippen molar-refractivity contribution in [1.82, 2.24) is 15.5 Å². The number of nitrogens with one attached hydrogen (secondary N) is 2. The first-order chi connectivity index (χ1) is 12.7. The Kier molecular flexibility index (Phi) is 6.08. The Morgan fingerprint density at radius 3 is 2.58 bits per heavy atom. The highest BCUT2D eigenvalue weighted by Gasteiger charge is 2.18. The van der Waals surface area contributed by atoms with E-state index >= 15 is 0 Å². The van der Waals surface area contributed by atoms with Crippen LogP contribution in [0.25, 0.3) is 17.3 Å². The van der Waals surface area contributed by atoms with Crippen molar-refractivity contribution in [3.63, 3.8) is 0 Å². The predicted molar refractivity (Wildman–Crippen MR) is 102 cm³/mol. The molecule has 0 saturated heterocycles. The molecule has 2 N–H and O–H groups in total. The number of aromatic nitrogens is 2. The molecule has 0 unspecified atom stereocenters. The van der Waals surface area contributed by atoms with Crippen molar-refractivity contribution in [1.29, 1.82) is 5.26 Å². The molecule has 134 valence electrons. The largest absolute Gasteiger partial charge is 0.349 e. The maximum Gasteiger partial charge on any atom is 0.262 e. The molecule has 0 aliphatic heterocycles. The third-order valence-corrected chi connectivity index (χ3v) is 4.91. The second-order valence-electron chi connectivity index (χ2n) is 6.54. The van der Waals surface area contributed by atoms with Crippen LogP contribution in [0.2, 0.25) is 5.02 Å². The molecule has 26 heavy (non-hydrogen) atoms. The second-order valence-corrected chi connectivity index (χ2v) is 6.98. The molecule has 0 spiro atoms. The first kappa shape index (κ1) is 18.2. The Labute approximate surface area is 158 Å². The maximum atomic E-state index is 12.5. The van der Waals surface area contributed by atoms with E-state index in [1.165, 1.54) is 12.8 Å². The highest BCUT2D eigenvalue weighted by atomic mass is 35.5. The molecule has 2 aromatic rings. The van der Waals surface area contributed by atoms with E-state index in [0.717, 1.165) is 36.9 Å². The fourth-order valence-corrected chi connectivity index (χ4v) is 3.37. The van der Waals surface area contributed by atoms with Gasteiger partial charge in [-0.1, -0.05) is 49.4 Å². The van der Waals surface area contributed by atoms with Crippen molar-refractivity contribution in [3.8, 4) is 17.3 Å². The molecule has 1 aliphatic carbocycles. The Morgan fingerprint density at radius 1 is 1.23 bits per heavy atom. The van der Waals surface area contributed by atoms with Crippen LogP contribution in [0.4, 0.5) is 0 Å². The summed E-state index contributed by atoms with van der Waals surface area (Å²) in [6.45, 7) is 0. The first-order valence-corrected chi connectivity index (χ1v) is 9.27. The second kappa shape index (κ2) is 8.68. The lowest BCUT2D eigenvalue weighted by atomic mass is 10.0. The van der Waals surface area contributed by atoms with Gasteiger partial charge in [-0.05, 0) is 31.1 Å². The number of amides is 1. The average molecular weight is 369 g/mol. The van der Waals surface area contributed by atoms with Gasteiger partial charge in [0.05, 0.1) is 11.9 Å². The molecule has 1 aromatic heterocycles. The zero-order valence-corrected chi connectivity index (χ0v) is 15.2. The van der Waals surface area contributed by atoms with Crippen LogP contribution in [0.5, 0.6) is 0 Å². The van der Waals surface area contributed by atoms with E-state index < -0.39 is 0 Å². The van der Waals surface area contributed by atoms with Crippen LogP contribution in [-0.2, 0) is 4.79 Å². The van der Waals surface area contributed by atoms with Crippen molar-refractivity contribution < 1.29 is 4.79 Å². The summed E-state index contributed by atoms with van der Waals surface area (Å²) in [7, 11) is 0. The van der Waals surface area contributed by atoms with Gasteiger partial charge in [-0.25, -0.2) is 0 Å². The van der Waals surface area contributed by atoms with Crippen LogP contribution in [0.1, 0.15) is 44.1 Å². The van der Waals surface area contributed by atoms with Gasteiger partial charge >= 0.3 is 0 Å². The van der Waals surface area contributed by atoms with Crippen LogP contribution >= 0.6 is 11.6 Å². The molecule has 0 bridgehead atoms. The number of carbonyl (C=O) groups is 1. The minimum Gasteiger partial charge on any atom is -0.349 e. The van der Waals surface area contributed by atoms with Gasteiger partial charge in [-0.2, -0.15) is 10.4 Å². The van der Waals surface area contributed by atoms with E-state index in [0.29, 0.717) is 10.6 Å². The maximum absolute atomic E-state index is 12.5. The molecule has 3 rings (SSSR count). The zero-order chi connectivity index (χ0) is 18.4. The molecule has 1 aliphatic rings. The van der Waals surface area contributed by atoms with Gasteiger partial charge in [-0.3, -0.25) is 9.89 Å². The molecule has 6 heteroatoms. The van der Waals surface area contributed by atoms with Crippen LogP contribution in [0.3, 0.4) is 0 Å². The number of carbonyl (C=O) groups excluding carboxylic acids is 1. The lowest BCUT2D eigenvalue weighted by molar-refractivity contribution is -0.117. The number of nitriles is 1. The van der Waals surface area contributed by atoms with Gasteiger partial charge in [-0.15, -0.1) is 0 Å². The smallest absolute Gasteiger partial charge is 0.262 e. The number of H-pyrrole nitrogens is 1. The molecule has 1 fully saturated rings. The molecule has 1 saturated carbocycles. The number of aromatic amines is 1. The topological polar surface area (TPSA) is 81.6 Å². The van der Waals surface area contributed by atoms with Crippen LogP contribution in [0, 0.1) is 11.3 Å². The number of halogens is 1. The van der Waals surface area contributed by atoms with Gasteiger partial charge < -0.3 is 5.32 Å². The van der Waals surface area contributed by atoms with Gasteiger partial charge in [0.25, 0.3) is 5.91 Å². The highest BCUT2D eigenvalue weighted by molar-refractivity contribution is 6.30. The summed E-state index contributed by atoms with van der Waals surface area (Å²) in [5.41, 5.74) is 2.42. The number of nitrogens with zero attached hydrogens (tertiary/aromatic N) is 2. The van der Waals surface area contributed by atoms with Crippen molar-refractivity contribution in [2.24, 2.45) is 0 Å². The van der Waals surface area contributed by atoms with Crippen LogP contribution in [0.15, 0.2) is 36.0 Å². The molecular weight excluding hydrogens is 348 g/mol. The summed E-state index contributed by atoms with van der Waals surface area (Å²) in [4.78, 5) is 12.5. The lowest BCUT2D eigenvalue weighted by Gasteiger charge is -2.15. The Balaban J connectivity index is 1.79. The summed E-state index contributed by atoms with van der Waals surface area (Å²) in [6.07, 6.45) is 9.83. The minimum atomic E-state index is -0.317. The van der Waals surface area contributed by atoms with E-state index in [1.54, 1.807) is 24.4 Å². The minimum absolute atomic E-state index is 0.0888. The molecule has 0 radical (unpaired) electrons. The summed E-state index contributed by atoms with van der Waals surface area (Å²) in [5.74, 6) is -0.317. The third-order valence-electron chi connectivity index (χ3n) is 4.66. The number of rotatable bonds is 4. The monoisotopic (exact) mass is 368 g/mol. The standard InChI is InChI=1S/C20H21ClN4O/c21-17-9-7-14(8-10-17)19-16(13-23-25-19)11-15(12-22)20(26)24-18-5-3-1-2-4-6-18/h7-11,13,18H,1-6H2,(H,23,25)(H,24,26). The quantitative estimate of drug-likeness (QED) is 0.474. The molecule has 0 atom stereocenters. The molecular formula is C20H21ClN4O. The summed E-state index contributed by atoms with van der Waals surface area (Å²) in [6, 6.07) is 9.48. The highest BCUT2D eigenvalue weighted by Crippen LogP contribution is 2.25. The molecule has 1 aromatic carbocycles. The first-order valence-electron chi connectivity index (χ1n) is 8.89. The number of hydrogen-bond donors (Lipinski definition) is 2. The van der Waals surface area contributed by atoms with Crippen LogP contribution < -0.4 is 5.32 Å². The third kappa shape index (κ3) is 4.53. The normalized spacial score (nSPS) is 15.9. The Hall–Kier alpha value is -2.58. The van der Waals surface area contributed by atoms with Gasteiger partial charge in [0, 0.05) is 22.2 Å². The molecule has 5 nitrogen and oxygen atoms in total. The summed E-state index contributed by atoms with van der Waals surface area (Å²) >= 11 is 5.93. The lowest BCUT2D eigenvalue weighted by Crippen LogP contribution is -2.35. The van der Waals surface area contributed by atoms with Gasteiger partial charge in [0.2, 0.25) is 0 Å². The average Bonchev–Trinajstić information content (AvgIpc) is 2.95. The van der Waals surface area contributed by atoms with E-state index in [2.05, 4.69) is 15.5 Å². The predicted octanol–water partition coefficient (Wildman–Crippen LogP) is 4.48.